The minimum atomic E-state index is -0.494. The Kier molecular flexibility index (Phi) is 4.80. The highest BCUT2D eigenvalue weighted by Gasteiger charge is 2.22. The van der Waals surface area contributed by atoms with Gasteiger partial charge in [0.2, 0.25) is 5.88 Å². The van der Waals surface area contributed by atoms with Crippen molar-refractivity contribution in [2.45, 2.75) is 18.9 Å². The number of aromatic nitrogens is 1. The van der Waals surface area contributed by atoms with Crippen LogP contribution >= 0.6 is 0 Å². The van der Waals surface area contributed by atoms with Crippen LogP contribution in [0.3, 0.4) is 0 Å². The average molecular weight is 378 g/mol. The second kappa shape index (κ2) is 7.56. The summed E-state index contributed by atoms with van der Waals surface area (Å²) < 4.78 is 17.2. The minimum Gasteiger partial charge on any atom is -0.497 e. The van der Waals surface area contributed by atoms with Gasteiger partial charge in [-0.05, 0) is 54.3 Å². The van der Waals surface area contributed by atoms with Crippen LogP contribution in [0.25, 0.3) is 0 Å². The molecule has 0 saturated heterocycles. The lowest BCUT2D eigenvalue weighted by molar-refractivity contribution is -0.385. The van der Waals surface area contributed by atoms with Gasteiger partial charge in [0.25, 0.3) is 5.69 Å². The van der Waals surface area contributed by atoms with Gasteiger partial charge in [-0.25, -0.2) is 4.98 Å². The number of nitrogens with zero attached hydrogens (tertiary/aromatic N) is 2. The van der Waals surface area contributed by atoms with Crippen LogP contribution in [0.1, 0.15) is 23.7 Å². The lowest BCUT2D eigenvalue weighted by Gasteiger charge is -2.27. The normalized spacial score (nSPS) is 15.2. The summed E-state index contributed by atoms with van der Waals surface area (Å²) in [6, 6.07) is 16.3. The van der Waals surface area contributed by atoms with E-state index in [1.165, 1.54) is 18.3 Å². The van der Waals surface area contributed by atoms with Crippen molar-refractivity contribution in [1.29, 1.82) is 0 Å². The fraction of sp³-hybridized carbons (Fsp3) is 0.190. The van der Waals surface area contributed by atoms with E-state index in [4.69, 9.17) is 14.2 Å². The van der Waals surface area contributed by atoms with Crippen LogP contribution < -0.4 is 14.2 Å². The molecule has 4 rings (SSSR count). The number of benzene rings is 2. The van der Waals surface area contributed by atoms with Gasteiger partial charge >= 0.3 is 0 Å². The van der Waals surface area contributed by atoms with Crippen molar-refractivity contribution in [3.05, 3.63) is 82.0 Å². The number of hydrogen-bond donors (Lipinski definition) is 0. The molecule has 0 aliphatic carbocycles. The molecule has 1 aliphatic rings. The maximum atomic E-state index is 10.7. The number of aryl methyl sites for hydroxylation is 1. The quantitative estimate of drug-likeness (QED) is 0.466. The molecule has 0 bridgehead atoms. The number of fused-ring (bicyclic) bond motifs is 1. The van der Waals surface area contributed by atoms with E-state index in [0.717, 1.165) is 35.5 Å². The summed E-state index contributed by atoms with van der Waals surface area (Å²) in [4.78, 5) is 14.2. The molecule has 142 valence electrons. The van der Waals surface area contributed by atoms with Gasteiger partial charge in [-0.15, -0.1) is 0 Å². The molecule has 0 N–H and O–H groups in total. The zero-order chi connectivity index (χ0) is 19.5. The number of ether oxygens (including phenoxy) is 3. The fourth-order valence-corrected chi connectivity index (χ4v) is 3.17. The molecule has 7 heteroatoms. The molecule has 1 aliphatic heterocycles. The maximum Gasteiger partial charge on any atom is 0.287 e. The Bertz CT molecular complexity index is 1000. The first-order valence-corrected chi connectivity index (χ1v) is 8.84. The van der Waals surface area contributed by atoms with Crippen molar-refractivity contribution in [3.8, 4) is 23.1 Å². The van der Waals surface area contributed by atoms with Gasteiger partial charge in [0.1, 0.15) is 29.5 Å². The second-order valence-electron chi connectivity index (χ2n) is 6.41. The van der Waals surface area contributed by atoms with Gasteiger partial charge < -0.3 is 14.2 Å². The molecule has 0 amide bonds. The number of hydrogen-bond acceptors (Lipinski definition) is 6. The summed E-state index contributed by atoms with van der Waals surface area (Å²) in [5.74, 6) is 2.55. The Morgan fingerprint density at radius 3 is 2.79 bits per heavy atom. The van der Waals surface area contributed by atoms with Crippen LogP contribution in [-0.2, 0) is 6.42 Å². The summed E-state index contributed by atoms with van der Waals surface area (Å²) in [6.45, 7) is 0. The summed E-state index contributed by atoms with van der Waals surface area (Å²) >= 11 is 0. The largest absolute Gasteiger partial charge is 0.497 e. The topological polar surface area (TPSA) is 83.7 Å². The first-order valence-electron chi connectivity index (χ1n) is 8.84. The van der Waals surface area contributed by atoms with Crippen molar-refractivity contribution in [2.75, 3.05) is 7.11 Å². The first-order chi connectivity index (χ1) is 13.6. The predicted octanol–water partition coefficient (Wildman–Crippen LogP) is 4.86. The SMILES string of the molecule is COc1cccc(C2CCc3cc(Oc4ccc([N+](=O)[O-])cn4)ccc3O2)c1. The van der Waals surface area contributed by atoms with Crippen molar-refractivity contribution in [3.63, 3.8) is 0 Å². The molecule has 2 aromatic carbocycles. The van der Waals surface area contributed by atoms with E-state index < -0.39 is 4.92 Å². The lowest BCUT2D eigenvalue weighted by atomic mass is 9.97. The van der Waals surface area contributed by atoms with E-state index in [1.54, 1.807) is 13.2 Å². The second-order valence-corrected chi connectivity index (χ2v) is 6.41. The van der Waals surface area contributed by atoms with Gasteiger partial charge in [0.05, 0.1) is 12.0 Å². The molecule has 1 aromatic heterocycles. The highest BCUT2D eigenvalue weighted by molar-refractivity contribution is 5.44. The molecule has 0 saturated carbocycles. The van der Waals surface area contributed by atoms with Gasteiger partial charge in [-0.1, -0.05) is 12.1 Å². The van der Waals surface area contributed by atoms with E-state index in [-0.39, 0.29) is 11.8 Å². The number of rotatable bonds is 5. The standard InChI is InChI=1S/C21H18N2O5/c1-26-17-4-2-3-14(11-17)19-8-5-15-12-18(7-9-20(15)28-19)27-21-10-6-16(13-22-21)23(24)25/h2-4,6-7,9-13,19H,5,8H2,1H3. The average Bonchev–Trinajstić information content (AvgIpc) is 2.74. The fourth-order valence-electron chi connectivity index (χ4n) is 3.17. The first kappa shape index (κ1) is 17.8. The monoisotopic (exact) mass is 378 g/mol. The predicted molar refractivity (Wildman–Crippen MR) is 102 cm³/mol. The van der Waals surface area contributed by atoms with E-state index in [9.17, 15) is 10.1 Å². The van der Waals surface area contributed by atoms with Gasteiger partial charge in [0.15, 0.2) is 0 Å². The lowest BCUT2D eigenvalue weighted by Crippen LogP contribution is -2.15. The molecule has 0 fully saturated rings. The number of methoxy groups -OCH3 is 1. The van der Waals surface area contributed by atoms with Crippen LogP contribution in [0.2, 0.25) is 0 Å². The summed E-state index contributed by atoms with van der Waals surface area (Å²) in [5.41, 5.74) is 2.06. The minimum absolute atomic E-state index is 0.0225. The number of pyridine rings is 1. The third kappa shape index (κ3) is 3.73. The molecule has 0 radical (unpaired) electrons. The summed E-state index contributed by atoms with van der Waals surface area (Å²) in [6.07, 6.45) is 2.85. The molecular weight excluding hydrogens is 360 g/mol. The highest BCUT2D eigenvalue weighted by Crippen LogP contribution is 2.38. The molecular formula is C21H18N2O5. The van der Waals surface area contributed by atoms with Crippen LogP contribution in [0.5, 0.6) is 23.1 Å². The molecule has 7 nitrogen and oxygen atoms in total. The Balaban J connectivity index is 1.48. The Hall–Kier alpha value is -3.61. The molecule has 28 heavy (non-hydrogen) atoms. The van der Waals surface area contributed by atoms with Crippen LogP contribution in [-0.4, -0.2) is 17.0 Å². The van der Waals surface area contributed by atoms with Crippen molar-refractivity contribution in [2.24, 2.45) is 0 Å². The van der Waals surface area contributed by atoms with Crippen LogP contribution in [0, 0.1) is 10.1 Å². The van der Waals surface area contributed by atoms with Crippen molar-refractivity contribution in [1.82, 2.24) is 4.98 Å². The number of nitro groups is 1. The molecule has 3 aromatic rings. The third-order valence-electron chi connectivity index (χ3n) is 4.60. The van der Waals surface area contributed by atoms with E-state index >= 15 is 0 Å². The van der Waals surface area contributed by atoms with E-state index in [2.05, 4.69) is 4.98 Å². The smallest absolute Gasteiger partial charge is 0.287 e. The van der Waals surface area contributed by atoms with Crippen LogP contribution in [0.15, 0.2) is 60.8 Å². The van der Waals surface area contributed by atoms with E-state index in [1.807, 2.05) is 36.4 Å². The zero-order valence-corrected chi connectivity index (χ0v) is 15.2. The summed E-state index contributed by atoms with van der Waals surface area (Å²) in [5, 5.41) is 10.7. The Labute approximate surface area is 161 Å². The summed E-state index contributed by atoms with van der Waals surface area (Å²) in [7, 11) is 1.65. The Morgan fingerprint density at radius 2 is 2.04 bits per heavy atom. The van der Waals surface area contributed by atoms with Gasteiger partial charge in [-0.2, -0.15) is 0 Å². The maximum absolute atomic E-state index is 10.7. The Morgan fingerprint density at radius 1 is 1.14 bits per heavy atom. The van der Waals surface area contributed by atoms with Crippen molar-refractivity contribution < 1.29 is 19.1 Å². The third-order valence-corrected chi connectivity index (χ3v) is 4.60. The molecule has 1 atom stereocenters. The van der Waals surface area contributed by atoms with Gasteiger partial charge in [0, 0.05) is 12.1 Å². The van der Waals surface area contributed by atoms with Gasteiger partial charge in [-0.3, -0.25) is 10.1 Å². The molecule has 2 heterocycles. The van der Waals surface area contributed by atoms with Crippen molar-refractivity contribution >= 4 is 5.69 Å². The molecule has 0 spiro atoms. The highest BCUT2D eigenvalue weighted by atomic mass is 16.6. The van der Waals surface area contributed by atoms with E-state index in [0.29, 0.717) is 11.6 Å². The zero-order valence-electron chi connectivity index (χ0n) is 15.2. The van der Waals surface area contributed by atoms with Crippen LogP contribution in [0.4, 0.5) is 5.69 Å². The molecule has 1 unspecified atom stereocenters.